The van der Waals surface area contributed by atoms with E-state index in [1.807, 2.05) is 6.07 Å². The molecule has 0 aliphatic heterocycles. The van der Waals surface area contributed by atoms with Crippen molar-refractivity contribution in [3.05, 3.63) is 35.9 Å². The monoisotopic (exact) mass is 270 g/mol. The van der Waals surface area contributed by atoms with Gasteiger partial charge < -0.3 is 5.11 Å². The second-order valence-electron chi connectivity index (χ2n) is 6.92. The lowest BCUT2D eigenvalue weighted by Crippen LogP contribution is -2.56. The molecule has 5 atom stereocenters. The van der Waals surface area contributed by atoms with Crippen molar-refractivity contribution in [2.75, 3.05) is 0 Å². The Kier molecular flexibility index (Phi) is 2.78. The molecule has 0 spiro atoms. The third-order valence-electron chi connectivity index (χ3n) is 6.11. The Labute approximate surface area is 120 Å². The molecular formula is C18H22O2. The van der Waals surface area contributed by atoms with Crippen LogP contribution in [0.15, 0.2) is 30.3 Å². The van der Waals surface area contributed by atoms with Gasteiger partial charge in [0.25, 0.3) is 0 Å². The summed E-state index contributed by atoms with van der Waals surface area (Å²) in [5, 5.41) is 11.3. The number of hydrogen-bond acceptors (Lipinski definition) is 2. The summed E-state index contributed by atoms with van der Waals surface area (Å²) in [6, 6.07) is 10.4. The normalized spacial score (nSPS) is 43.4. The molecule has 0 radical (unpaired) electrons. The minimum absolute atomic E-state index is 0.0715. The Bertz CT molecular complexity index is 523. The number of rotatable bonds is 1. The molecule has 0 saturated heterocycles. The first-order valence-electron chi connectivity index (χ1n) is 8.03. The fourth-order valence-corrected chi connectivity index (χ4v) is 5.29. The van der Waals surface area contributed by atoms with Crippen LogP contribution in [-0.2, 0) is 4.79 Å². The predicted molar refractivity (Wildman–Crippen MR) is 77.3 cm³/mol. The Balaban J connectivity index is 1.82. The van der Waals surface area contributed by atoms with Gasteiger partial charge in [-0.3, -0.25) is 4.79 Å². The second-order valence-corrected chi connectivity index (χ2v) is 6.92. The van der Waals surface area contributed by atoms with Gasteiger partial charge in [0, 0.05) is 11.8 Å². The number of Topliss-reactive ketones (excluding diaryl/α,β-unsaturated/α-hetero) is 1. The first-order valence-corrected chi connectivity index (χ1v) is 8.03. The maximum Gasteiger partial charge on any atom is 0.142 e. The zero-order chi connectivity index (χ0) is 13.7. The van der Waals surface area contributed by atoms with Crippen LogP contribution in [0.25, 0.3) is 0 Å². The average Bonchev–Trinajstić information content (AvgIpc) is 2.78. The van der Waals surface area contributed by atoms with E-state index >= 15 is 0 Å². The quantitative estimate of drug-likeness (QED) is 0.850. The van der Waals surface area contributed by atoms with Gasteiger partial charge >= 0.3 is 0 Å². The van der Waals surface area contributed by atoms with Crippen LogP contribution in [0.4, 0.5) is 0 Å². The Morgan fingerprint density at radius 3 is 2.65 bits per heavy atom. The lowest BCUT2D eigenvalue weighted by molar-refractivity contribution is -0.156. The topological polar surface area (TPSA) is 37.3 Å². The molecule has 2 heteroatoms. The van der Waals surface area contributed by atoms with Crippen LogP contribution in [0.5, 0.6) is 0 Å². The Morgan fingerprint density at radius 2 is 1.85 bits per heavy atom. The van der Waals surface area contributed by atoms with Gasteiger partial charge in [-0.15, -0.1) is 0 Å². The second kappa shape index (κ2) is 4.42. The van der Waals surface area contributed by atoms with E-state index in [0.29, 0.717) is 5.78 Å². The molecule has 106 valence electrons. The summed E-state index contributed by atoms with van der Waals surface area (Å²) in [7, 11) is 0. The van der Waals surface area contributed by atoms with Crippen LogP contribution >= 0.6 is 0 Å². The lowest BCUT2D eigenvalue weighted by Gasteiger charge is -2.51. The van der Waals surface area contributed by atoms with Crippen molar-refractivity contribution in [2.45, 2.75) is 50.0 Å². The molecule has 3 saturated carbocycles. The molecule has 3 aliphatic carbocycles. The van der Waals surface area contributed by atoms with Crippen LogP contribution in [0, 0.1) is 17.8 Å². The van der Waals surface area contributed by atoms with E-state index in [1.165, 1.54) is 12.0 Å². The zero-order valence-electron chi connectivity index (χ0n) is 11.8. The number of benzene rings is 1. The smallest absolute Gasteiger partial charge is 0.142 e. The van der Waals surface area contributed by atoms with Crippen molar-refractivity contribution in [2.24, 2.45) is 17.8 Å². The van der Waals surface area contributed by atoms with Gasteiger partial charge in [-0.05, 0) is 43.1 Å². The van der Waals surface area contributed by atoms with E-state index in [0.717, 1.165) is 32.1 Å². The summed E-state index contributed by atoms with van der Waals surface area (Å²) in [4.78, 5) is 12.7. The van der Waals surface area contributed by atoms with Crippen molar-refractivity contribution in [1.82, 2.24) is 0 Å². The summed E-state index contributed by atoms with van der Waals surface area (Å²) >= 11 is 0. The van der Waals surface area contributed by atoms with E-state index < -0.39 is 5.60 Å². The standard InChI is InChI=1S/C18H22O2/c19-17-13-9-10-15(17)18(20)11-5-4-8-14(18)16(13)12-6-2-1-3-7-12/h1-3,6-7,13-16,20H,4-5,8-11H2/t13-,14+,15-,16+,18+/m0/s1. The van der Waals surface area contributed by atoms with E-state index in [-0.39, 0.29) is 23.7 Å². The van der Waals surface area contributed by atoms with Crippen LogP contribution in [0.2, 0.25) is 0 Å². The number of aliphatic hydroxyl groups is 1. The van der Waals surface area contributed by atoms with Gasteiger partial charge in [-0.25, -0.2) is 0 Å². The summed E-state index contributed by atoms with van der Waals surface area (Å²) in [6.07, 6.45) is 6.05. The van der Waals surface area contributed by atoms with Gasteiger partial charge in [0.15, 0.2) is 0 Å². The number of ketones is 1. The minimum Gasteiger partial charge on any atom is -0.389 e. The van der Waals surface area contributed by atoms with Crippen LogP contribution in [0.3, 0.4) is 0 Å². The van der Waals surface area contributed by atoms with E-state index in [1.54, 1.807) is 0 Å². The molecule has 3 aliphatic rings. The third kappa shape index (κ3) is 1.57. The highest BCUT2D eigenvalue weighted by Gasteiger charge is 2.61. The summed E-state index contributed by atoms with van der Waals surface area (Å²) in [5.74, 6) is 0.963. The molecule has 3 fully saturated rings. The average molecular weight is 270 g/mol. The van der Waals surface area contributed by atoms with Crippen molar-refractivity contribution in [3.63, 3.8) is 0 Å². The van der Waals surface area contributed by atoms with Crippen molar-refractivity contribution >= 4 is 5.78 Å². The first kappa shape index (κ1) is 12.6. The molecule has 0 aromatic heterocycles. The SMILES string of the molecule is O=C1[C@H]2CC[C@@H]1[C@@]1(O)CCCC[C@@H]1[C@@H]2c1ccccc1. The van der Waals surface area contributed by atoms with Gasteiger partial charge in [-0.2, -0.15) is 0 Å². The number of carbonyl (C=O) groups is 1. The molecule has 1 aromatic rings. The molecule has 0 amide bonds. The van der Waals surface area contributed by atoms with Gasteiger partial charge in [0.05, 0.1) is 5.60 Å². The van der Waals surface area contributed by atoms with Crippen molar-refractivity contribution < 1.29 is 9.90 Å². The zero-order valence-corrected chi connectivity index (χ0v) is 11.8. The third-order valence-corrected chi connectivity index (χ3v) is 6.11. The highest BCUT2D eigenvalue weighted by Crippen LogP contribution is 2.59. The van der Waals surface area contributed by atoms with Crippen LogP contribution in [-0.4, -0.2) is 16.5 Å². The molecule has 1 N–H and O–H groups in total. The van der Waals surface area contributed by atoms with Crippen LogP contribution < -0.4 is 0 Å². The fraction of sp³-hybridized carbons (Fsp3) is 0.611. The summed E-state index contributed by atoms with van der Waals surface area (Å²) < 4.78 is 0. The highest BCUT2D eigenvalue weighted by molar-refractivity contribution is 5.89. The fourth-order valence-electron chi connectivity index (χ4n) is 5.29. The van der Waals surface area contributed by atoms with Gasteiger partial charge in [0.1, 0.15) is 5.78 Å². The Hall–Kier alpha value is -1.15. The number of hydrogen-bond donors (Lipinski definition) is 1. The summed E-state index contributed by atoms with van der Waals surface area (Å²) in [6.45, 7) is 0. The number of carbonyl (C=O) groups excluding carboxylic acids is 1. The van der Waals surface area contributed by atoms with E-state index in [2.05, 4.69) is 24.3 Å². The molecule has 0 unspecified atom stereocenters. The first-order chi connectivity index (χ1) is 9.72. The van der Waals surface area contributed by atoms with Gasteiger partial charge in [-0.1, -0.05) is 43.2 Å². The van der Waals surface area contributed by atoms with E-state index in [4.69, 9.17) is 0 Å². The largest absolute Gasteiger partial charge is 0.389 e. The minimum atomic E-state index is -0.719. The highest BCUT2D eigenvalue weighted by atomic mass is 16.3. The maximum atomic E-state index is 12.7. The molecule has 2 bridgehead atoms. The van der Waals surface area contributed by atoms with Crippen LogP contribution in [0.1, 0.15) is 50.0 Å². The molecular weight excluding hydrogens is 248 g/mol. The van der Waals surface area contributed by atoms with E-state index in [9.17, 15) is 9.90 Å². The number of fused-ring (bicyclic) bond motifs is 4. The molecule has 20 heavy (non-hydrogen) atoms. The van der Waals surface area contributed by atoms with Crippen molar-refractivity contribution in [3.8, 4) is 0 Å². The summed E-state index contributed by atoms with van der Waals surface area (Å²) in [5.41, 5.74) is 0.541. The molecule has 2 nitrogen and oxygen atoms in total. The maximum absolute atomic E-state index is 12.7. The molecule has 4 rings (SSSR count). The molecule has 0 heterocycles. The Morgan fingerprint density at radius 1 is 1.05 bits per heavy atom. The lowest BCUT2D eigenvalue weighted by atomic mass is 9.56. The van der Waals surface area contributed by atoms with Crippen molar-refractivity contribution in [1.29, 1.82) is 0 Å². The predicted octanol–water partition coefficient (Wildman–Crippen LogP) is 3.30. The molecule has 1 aromatic carbocycles. The van der Waals surface area contributed by atoms with Gasteiger partial charge in [0.2, 0.25) is 0 Å².